The van der Waals surface area contributed by atoms with Crippen LogP contribution in [0.15, 0.2) is 73.6 Å². The minimum Gasteiger partial charge on any atom is -0.438 e. The Hall–Kier alpha value is -4.01. The van der Waals surface area contributed by atoms with Gasteiger partial charge in [-0.1, -0.05) is 36.9 Å². The number of aromatic amines is 1. The molecule has 2 aromatic carbocycles. The van der Waals surface area contributed by atoms with Crippen LogP contribution < -0.4 is 15.4 Å². The second kappa shape index (κ2) is 9.23. The largest absolute Gasteiger partial charge is 0.438 e. The molecule has 0 bridgehead atoms. The number of morpholine rings is 1. The van der Waals surface area contributed by atoms with Gasteiger partial charge in [-0.3, -0.25) is 4.79 Å². The molecule has 8 nitrogen and oxygen atoms in total. The molecule has 166 valence electrons. The first-order valence-corrected chi connectivity index (χ1v) is 10.7. The number of carbonyl (C=O) groups is 1. The Morgan fingerprint density at radius 3 is 2.85 bits per heavy atom. The third kappa shape index (κ3) is 4.62. The summed E-state index contributed by atoms with van der Waals surface area (Å²) >= 11 is 0. The number of H-pyrrole nitrogens is 1. The lowest BCUT2D eigenvalue weighted by atomic mass is 10.0. The number of rotatable bonds is 6. The van der Waals surface area contributed by atoms with Crippen LogP contribution in [0.5, 0.6) is 11.6 Å². The van der Waals surface area contributed by atoms with Crippen LogP contribution in [0.1, 0.15) is 11.7 Å². The molecule has 5 rings (SSSR count). The predicted octanol–water partition coefficient (Wildman–Crippen LogP) is 4.20. The number of hydrogen-bond acceptors (Lipinski definition) is 6. The molecule has 1 unspecified atom stereocenters. The lowest BCUT2D eigenvalue weighted by molar-refractivity contribution is -0.111. The van der Waals surface area contributed by atoms with Gasteiger partial charge in [0.05, 0.1) is 18.1 Å². The van der Waals surface area contributed by atoms with E-state index in [1.165, 1.54) is 12.4 Å². The zero-order chi connectivity index (χ0) is 22.6. The molecule has 0 aliphatic carbocycles. The number of carbonyl (C=O) groups excluding carboxylic acids is 1. The SMILES string of the molecule is C=CC(=O)Nc1cccc(Oc2ncnc3[nH]c(-c4ccc(C5CNCCO5)cc4)cc23)c1. The van der Waals surface area contributed by atoms with Gasteiger partial charge < -0.3 is 25.1 Å². The summed E-state index contributed by atoms with van der Waals surface area (Å²) in [5.74, 6) is 0.683. The van der Waals surface area contributed by atoms with E-state index in [-0.39, 0.29) is 12.0 Å². The minimum atomic E-state index is -0.288. The first kappa shape index (κ1) is 20.9. The topological polar surface area (TPSA) is 101 Å². The van der Waals surface area contributed by atoms with Gasteiger partial charge >= 0.3 is 0 Å². The third-order valence-electron chi connectivity index (χ3n) is 5.41. The fourth-order valence-corrected chi connectivity index (χ4v) is 3.75. The van der Waals surface area contributed by atoms with Gasteiger partial charge in [-0.25, -0.2) is 9.97 Å². The highest BCUT2D eigenvalue weighted by molar-refractivity contribution is 5.99. The molecule has 1 amide bonds. The predicted molar refractivity (Wildman–Crippen MR) is 126 cm³/mol. The van der Waals surface area contributed by atoms with E-state index in [9.17, 15) is 4.79 Å². The summed E-state index contributed by atoms with van der Waals surface area (Å²) in [6.45, 7) is 5.90. The highest BCUT2D eigenvalue weighted by atomic mass is 16.5. The maximum atomic E-state index is 11.6. The monoisotopic (exact) mass is 441 g/mol. The van der Waals surface area contributed by atoms with Gasteiger partial charge in [-0.2, -0.15) is 0 Å². The van der Waals surface area contributed by atoms with Gasteiger partial charge in [0.25, 0.3) is 0 Å². The van der Waals surface area contributed by atoms with Gasteiger partial charge in [0.2, 0.25) is 11.8 Å². The van der Waals surface area contributed by atoms with Crippen molar-refractivity contribution in [3.05, 3.63) is 79.1 Å². The highest BCUT2D eigenvalue weighted by Gasteiger charge is 2.16. The average molecular weight is 441 g/mol. The van der Waals surface area contributed by atoms with Gasteiger partial charge in [-0.05, 0) is 35.4 Å². The molecule has 0 radical (unpaired) electrons. The van der Waals surface area contributed by atoms with Crippen molar-refractivity contribution in [3.63, 3.8) is 0 Å². The standard InChI is InChI=1S/C25H23N5O3/c1-2-23(31)29-18-4-3-5-19(12-18)33-25-20-13-21(30-24(20)27-15-28-25)16-6-8-17(9-7-16)22-14-26-10-11-32-22/h2-9,12-13,15,22,26H,1,10-11,14H2,(H,29,31)(H,27,28,30). The molecule has 1 fully saturated rings. The number of ether oxygens (including phenoxy) is 2. The van der Waals surface area contributed by atoms with E-state index in [4.69, 9.17) is 9.47 Å². The van der Waals surface area contributed by atoms with Crippen LogP contribution in [-0.2, 0) is 9.53 Å². The molecule has 3 heterocycles. The number of amides is 1. The summed E-state index contributed by atoms with van der Waals surface area (Å²) in [7, 11) is 0. The van der Waals surface area contributed by atoms with Crippen molar-refractivity contribution in [1.82, 2.24) is 20.3 Å². The summed E-state index contributed by atoms with van der Waals surface area (Å²) in [6.07, 6.45) is 2.75. The van der Waals surface area contributed by atoms with Gasteiger partial charge in [0.1, 0.15) is 17.7 Å². The Morgan fingerprint density at radius 2 is 2.06 bits per heavy atom. The molecule has 0 saturated carbocycles. The Bertz CT molecular complexity index is 1290. The van der Waals surface area contributed by atoms with E-state index >= 15 is 0 Å². The minimum absolute atomic E-state index is 0.0772. The molecule has 0 spiro atoms. The lowest BCUT2D eigenvalue weighted by Crippen LogP contribution is -2.33. The van der Waals surface area contributed by atoms with Crippen molar-refractivity contribution < 1.29 is 14.3 Å². The number of benzene rings is 2. The fourth-order valence-electron chi connectivity index (χ4n) is 3.75. The van der Waals surface area contributed by atoms with E-state index in [1.54, 1.807) is 24.3 Å². The van der Waals surface area contributed by atoms with E-state index in [1.807, 2.05) is 6.07 Å². The van der Waals surface area contributed by atoms with Crippen molar-refractivity contribution in [2.24, 2.45) is 0 Å². The Labute approximate surface area is 190 Å². The summed E-state index contributed by atoms with van der Waals surface area (Å²) in [4.78, 5) is 23.6. The van der Waals surface area contributed by atoms with Crippen molar-refractivity contribution >= 4 is 22.6 Å². The van der Waals surface area contributed by atoms with Gasteiger partial charge in [0, 0.05) is 30.5 Å². The Morgan fingerprint density at radius 1 is 1.18 bits per heavy atom. The number of fused-ring (bicyclic) bond motifs is 1. The molecular formula is C25H23N5O3. The van der Waals surface area contributed by atoms with Crippen LogP contribution in [0.25, 0.3) is 22.3 Å². The Kier molecular flexibility index (Phi) is 5.84. The first-order chi connectivity index (χ1) is 16.2. The molecule has 2 aromatic heterocycles. The van der Waals surface area contributed by atoms with Crippen molar-refractivity contribution in [2.45, 2.75) is 6.10 Å². The molecule has 1 saturated heterocycles. The molecule has 3 N–H and O–H groups in total. The fraction of sp³-hybridized carbons (Fsp3) is 0.160. The third-order valence-corrected chi connectivity index (χ3v) is 5.41. The first-order valence-electron chi connectivity index (χ1n) is 10.7. The van der Waals surface area contributed by atoms with E-state index < -0.39 is 0 Å². The summed E-state index contributed by atoms with van der Waals surface area (Å²) in [6, 6.07) is 17.4. The molecule has 1 aliphatic heterocycles. The molecular weight excluding hydrogens is 418 g/mol. The number of nitrogens with one attached hydrogen (secondary N) is 3. The van der Waals surface area contributed by atoms with Gasteiger partial charge in [-0.15, -0.1) is 0 Å². The number of hydrogen-bond donors (Lipinski definition) is 3. The van der Waals surface area contributed by atoms with Crippen LogP contribution in [0.3, 0.4) is 0 Å². The van der Waals surface area contributed by atoms with E-state index in [0.29, 0.717) is 23.0 Å². The molecule has 8 heteroatoms. The Balaban J connectivity index is 1.39. The summed E-state index contributed by atoms with van der Waals surface area (Å²) < 4.78 is 11.9. The van der Waals surface area contributed by atoms with E-state index in [0.717, 1.165) is 41.9 Å². The molecule has 4 aromatic rings. The van der Waals surface area contributed by atoms with Crippen molar-refractivity contribution in [2.75, 3.05) is 25.0 Å². The molecule has 1 atom stereocenters. The number of aromatic nitrogens is 3. The maximum Gasteiger partial charge on any atom is 0.247 e. The zero-order valence-electron chi connectivity index (χ0n) is 17.9. The van der Waals surface area contributed by atoms with Crippen LogP contribution in [0, 0.1) is 0 Å². The maximum absolute atomic E-state index is 11.6. The average Bonchev–Trinajstić information content (AvgIpc) is 3.30. The van der Waals surface area contributed by atoms with Crippen LogP contribution in [0.2, 0.25) is 0 Å². The van der Waals surface area contributed by atoms with Crippen molar-refractivity contribution in [1.29, 1.82) is 0 Å². The van der Waals surface area contributed by atoms with Gasteiger partial charge in [0.15, 0.2) is 0 Å². The van der Waals surface area contributed by atoms with Crippen LogP contribution in [-0.4, -0.2) is 40.6 Å². The molecule has 1 aliphatic rings. The second-order valence-corrected chi connectivity index (χ2v) is 7.63. The summed E-state index contributed by atoms with van der Waals surface area (Å²) in [5.41, 5.74) is 4.37. The van der Waals surface area contributed by atoms with Crippen LogP contribution >= 0.6 is 0 Å². The second-order valence-electron chi connectivity index (χ2n) is 7.63. The van der Waals surface area contributed by atoms with E-state index in [2.05, 4.69) is 56.4 Å². The highest BCUT2D eigenvalue weighted by Crippen LogP contribution is 2.32. The van der Waals surface area contributed by atoms with Crippen molar-refractivity contribution in [3.8, 4) is 22.9 Å². The zero-order valence-corrected chi connectivity index (χ0v) is 17.9. The lowest BCUT2D eigenvalue weighted by Gasteiger charge is -2.24. The summed E-state index contributed by atoms with van der Waals surface area (Å²) in [5, 5.41) is 6.83. The number of nitrogens with zero attached hydrogens (tertiary/aromatic N) is 2. The quantitative estimate of drug-likeness (QED) is 0.388. The normalized spacial score (nSPS) is 15.8. The smallest absolute Gasteiger partial charge is 0.247 e. The number of anilines is 1. The van der Waals surface area contributed by atoms with Crippen LogP contribution in [0.4, 0.5) is 5.69 Å². The molecule has 33 heavy (non-hydrogen) atoms.